The molecule has 22 heavy (non-hydrogen) atoms. The first-order valence-electron chi connectivity index (χ1n) is 6.92. The van der Waals surface area contributed by atoms with Crippen LogP contribution in [0.3, 0.4) is 0 Å². The van der Waals surface area contributed by atoms with E-state index >= 15 is 0 Å². The number of nitrogens with zero attached hydrogens (tertiary/aromatic N) is 1. The molecule has 0 unspecified atom stereocenters. The number of benzene rings is 1. The molecule has 0 bridgehead atoms. The van der Waals surface area contributed by atoms with Gasteiger partial charge in [0.2, 0.25) is 0 Å². The first-order valence-corrected chi connectivity index (χ1v) is 9.63. The van der Waals surface area contributed by atoms with Gasteiger partial charge in [0.05, 0.1) is 19.6 Å². The summed E-state index contributed by atoms with van der Waals surface area (Å²) in [5, 5.41) is 0. The van der Waals surface area contributed by atoms with E-state index in [2.05, 4.69) is 0 Å². The van der Waals surface area contributed by atoms with Gasteiger partial charge in [-0.25, -0.2) is 0 Å². The van der Waals surface area contributed by atoms with E-state index < -0.39 is 10.8 Å². The number of amides is 1. The van der Waals surface area contributed by atoms with E-state index in [1.165, 1.54) is 7.11 Å². The minimum Gasteiger partial charge on any atom is -0.469 e. The molecule has 2 atom stereocenters. The minimum absolute atomic E-state index is 0.0948. The highest BCUT2D eigenvalue weighted by molar-refractivity contribution is 7.99. The molecule has 0 aliphatic carbocycles. The van der Waals surface area contributed by atoms with Crippen LogP contribution in [-0.4, -0.2) is 58.4 Å². The highest BCUT2D eigenvalue weighted by atomic mass is 32.2. The smallest absolute Gasteiger partial charge is 0.307 e. The van der Waals surface area contributed by atoms with Crippen molar-refractivity contribution in [1.29, 1.82) is 0 Å². The van der Waals surface area contributed by atoms with Crippen molar-refractivity contribution in [2.24, 2.45) is 0 Å². The molecule has 0 spiro atoms. The van der Waals surface area contributed by atoms with E-state index in [1.54, 1.807) is 47.2 Å². The summed E-state index contributed by atoms with van der Waals surface area (Å²) in [4.78, 5) is 26.6. The molecule has 120 valence electrons. The summed E-state index contributed by atoms with van der Waals surface area (Å²) in [7, 11) is 0.295. The van der Waals surface area contributed by atoms with E-state index in [1.807, 2.05) is 0 Å². The lowest BCUT2D eigenvalue weighted by molar-refractivity contribution is -0.141. The number of hydrogen-bond donors (Lipinski definition) is 0. The van der Waals surface area contributed by atoms with Gasteiger partial charge in [0.15, 0.2) is 0 Å². The summed E-state index contributed by atoms with van der Waals surface area (Å²) >= 11 is 1.74. The second-order valence-corrected chi connectivity index (χ2v) is 7.52. The van der Waals surface area contributed by atoms with Crippen LogP contribution in [0.5, 0.6) is 0 Å². The van der Waals surface area contributed by atoms with Crippen molar-refractivity contribution in [2.75, 3.05) is 31.4 Å². The Balaban J connectivity index is 2.14. The van der Waals surface area contributed by atoms with Gasteiger partial charge in [0.1, 0.15) is 0 Å². The van der Waals surface area contributed by atoms with Gasteiger partial charge in [-0.15, -0.1) is 0 Å². The first-order chi connectivity index (χ1) is 10.5. The predicted octanol–water partition coefficient (Wildman–Crippen LogP) is 1.54. The van der Waals surface area contributed by atoms with Gasteiger partial charge in [-0.2, -0.15) is 11.8 Å². The van der Waals surface area contributed by atoms with Gasteiger partial charge in [-0.05, 0) is 24.3 Å². The summed E-state index contributed by atoms with van der Waals surface area (Å²) in [5.41, 5.74) is 0.552. The topological polar surface area (TPSA) is 63.7 Å². The zero-order valence-corrected chi connectivity index (χ0v) is 14.2. The lowest BCUT2D eigenvalue weighted by atomic mass is 10.1. The van der Waals surface area contributed by atoms with E-state index in [4.69, 9.17) is 4.74 Å². The summed E-state index contributed by atoms with van der Waals surface area (Å²) in [6, 6.07) is 6.65. The van der Waals surface area contributed by atoms with Gasteiger partial charge in [0, 0.05) is 45.6 Å². The molecule has 1 amide bonds. The Morgan fingerprint density at radius 1 is 1.36 bits per heavy atom. The van der Waals surface area contributed by atoms with E-state index in [-0.39, 0.29) is 24.3 Å². The number of ether oxygens (including phenoxy) is 1. The summed E-state index contributed by atoms with van der Waals surface area (Å²) in [6.07, 6.45) is 1.82. The SMILES string of the molecule is COC(=O)C[C@H]1CSCCN1C(=O)c1ccc([S@](C)=O)cc1. The molecule has 0 saturated carbocycles. The average Bonchev–Trinajstić information content (AvgIpc) is 2.54. The molecule has 7 heteroatoms. The monoisotopic (exact) mass is 341 g/mol. The van der Waals surface area contributed by atoms with Gasteiger partial charge >= 0.3 is 5.97 Å². The summed E-state index contributed by atoms with van der Waals surface area (Å²) in [5.74, 6) is 1.20. The van der Waals surface area contributed by atoms with Crippen LogP contribution in [0.25, 0.3) is 0 Å². The average molecular weight is 341 g/mol. The number of thioether (sulfide) groups is 1. The Morgan fingerprint density at radius 2 is 2.05 bits per heavy atom. The fourth-order valence-corrected chi connectivity index (χ4v) is 3.90. The molecular weight excluding hydrogens is 322 g/mol. The van der Waals surface area contributed by atoms with E-state index in [0.717, 1.165) is 11.5 Å². The van der Waals surface area contributed by atoms with Crippen molar-refractivity contribution in [3.8, 4) is 0 Å². The predicted molar refractivity (Wildman–Crippen MR) is 87.6 cm³/mol. The van der Waals surface area contributed by atoms with E-state index in [0.29, 0.717) is 17.0 Å². The second kappa shape index (κ2) is 7.78. The molecule has 1 aliphatic rings. The maximum atomic E-state index is 12.6. The largest absolute Gasteiger partial charge is 0.469 e. The van der Waals surface area contributed by atoms with Crippen LogP contribution in [-0.2, 0) is 20.3 Å². The molecule has 1 aliphatic heterocycles. The van der Waals surface area contributed by atoms with Crippen LogP contribution in [0.4, 0.5) is 0 Å². The van der Waals surface area contributed by atoms with Crippen LogP contribution >= 0.6 is 11.8 Å². The van der Waals surface area contributed by atoms with Crippen LogP contribution in [0.15, 0.2) is 29.2 Å². The maximum absolute atomic E-state index is 12.6. The van der Waals surface area contributed by atoms with Crippen molar-refractivity contribution >= 4 is 34.4 Å². The van der Waals surface area contributed by atoms with Crippen LogP contribution in [0, 0.1) is 0 Å². The number of methoxy groups -OCH3 is 1. The number of carbonyl (C=O) groups is 2. The van der Waals surface area contributed by atoms with E-state index in [9.17, 15) is 13.8 Å². The fourth-order valence-electron chi connectivity index (χ4n) is 2.32. The standard InChI is InChI=1S/C15H19NO4S2/c1-20-14(17)9-12-10-21-8-7-16(12)15(18)11-3-5-13(6-4-11)22(2)19/h3-6,12H,7-10H2,1-2H3/t12-,22-/m0/s1. The molecule has 0 N–H and O–H groups in total. The normalized spacial score (nSPS) is 19.5. The number of esters is 1. The molecule has 1 aromatic rings. The molecule has 5 nitrogen and oxygen atoms in total. The van der Waals surface area contributed by atoms with Crippen LogP contribution < -0.4 is 0 Å². The molecule has 1 heterocycles. The summed E-state index contributed by atoms with van der Waals surface area (Å²) in [6.45, 7) is 0.618. The zero-order chi connectivity index (χ0) is 16.1. The molecule has 1 aromatic carbocycles. The molecule has 1 fully saturated rings. The Kier molecular flexibility index (Phi) is 6.02. The van der Waals surface area contributed by atoms with Crippen molar-refractivity contribution in [3.05, 3.63) is 29.8 Å². The van der Waals surface area contributed by atoms with Crippen molar-refractivity contribution < 1.29 is 18.5 Å². The van der Waals surface area contributed by atoms with Gasteiger partial charge in [-0.1, -0.05) is 0 Å². The third-order valence-corrected chi connectivity index (χ3v) is 5.58. The zero-order valence-electron chi connectivity index (χ0n) is 12.6. The third kappa shape index (κ3) is 4.10. The van der Waals surface area contributed by atoms with Crippen LogP contribution in [0.1, 0.15) is 16.8 Å². The molecule has 1 saturated heterocycles. The third-order valence-electron chi connectivity index (χ3n) is 3.55. The van der Waals surface area contributed by atoms with Crippen molar-refractivity contribution in [3.63, 3.8) is 0 Å². The van der Waals surface area contributed by atoms with Gasteiger partial charge < -0.3 is 9.64 Å². The lowest BCUT2D eigenvalue weighted by Gasteiger charge is -2.35. The Morgan fingerprint density at radius 3 is 2.64 bits per heavy atom. The number of rotatable bonds is 4. The second-order valence-electron chi connectivity index (χ2n) is 4.99. The molecule has 0 radical (unpaired) electrons. The Hall–Kier alpha value is -1.34. The number of hydrogen-bond acceptors (Lipinski definition) is 5. The Bertz CT molecular complexity index is 573. The highest BCUT2D eigenvalue weighted by Gasteiger charge is 2.29. The van der Waals surface area contributed by atoms with Crippen LogP contribution in [0.2, 0.25) is 0 Å². The molecule has 0 aromatic heterocycles. The van der Waals surface area contributed by atoms with Crippen molar-refractivity contribution in [2.45, 2.75) is 17.4 Å². The number of carbonyl (C=O) groups excluding carboxylic acids is 2. The quantitative estimate of drug-likeness (QED) is 0.778. The lowest BCUT2D eigenvalue weighted by Crippen LogP contribution is -2.47. The summed E-state index contributed by atoms with van der Waals surface area (Å²) < 4.78 is 16.1. The minimum atomic E-state index is -1.06. The van der Waals surface area contributed by atoms with Gasteiger partial charge in [0.25, 0.3) is 5.91 Å². The Labute approximate surface area is 136 Å². The molecule has 2 rings (SSSR count). The maximum Gasteiger partial charge on any atom is 0.307 e. The highest BCUT2D eigenvalue weighted by Crippen LogP contribution is 2.22. The van der Waals surface area contributed by atoms with Crippen molar-refractivity contribution in [1.82, 2.24) is 4.90 Å². The first kappa shape index (κ1) is 17.0. The molecular formula is C15H19NO4S2. The fraction of sp³-hybridized carbons (Fsp3) is 0.467. The van der Waals surface area contributed by atoms with Gasteiger partial charge in [-0.3, -0.25) is 13.8 Å².